The molecule has 0 saturated heterocycles. The molecule has 1 aliphatic heterocycles. The minimum Gasteiger partial charge on any atom is -0.354 e. The van der Waals surface area contributed by atoms with Crippen molar-refractivity contribution in [1.29, 1.82) is 0 Å². The molecule has 2 N–H and O–H groups in total. The summed E-state index contributed by atoms with van der Waals surface area (Å²) in [6, 6.07) is 1.86. The van der Waals surface area contributed by atoms with E-state index in [9.17, 15) is 4.79 Å². The molecule has 5 nitrogen and oxygen atoms in total. The summed E-state index contributed by atoms with van der Waals surface area (Å²) in [4.78, 5) is 11.4. The predicted octanol–water partition coefficient (Wildman–Crippen LogP) is 0.126. The molecule has 0 fully saturated rings. The summed E-state index contributed by atoms with van der Waals surface area (Å²) >= 11 is 0. The van der Waals surface area contributed by atoms with Gasteiger partial charge in [0.2, 0.25) is 0 Å². The number of carbonyl (C=O) groups is 1. The first kappa shape index (κ1) is 10.2. The van der Waals surface area contributed by atoms with Gasteiger partial charge < -0.3 is 10.6 Å². The zero-order valence-electron chi connectivity index (χ0n) is 8.92. The zero-order chi connectivity index (χ0) is 10.7. The Kier molecular flexibility index (Phi) is 3.01. The first-order valence-electron chi connectivity index (χ1n) is 5.31. The minimum atomic E-state index is -0.116. The first-order valence-corrected chi connectivity index (χ1v) is 5.31. The van der Waals surface area contributed by atoms with Crippen molar-refractivity contribution in [3.8, 4) is 0 Å². The summed E-state index contributed by atoms with van der Waals surface area (Å²) in [6.45, 7) is 2.75. The second-order valence-corrected chi connectivity index (χ2v) is 3.71. The van der Waals surface area contributed by atoms with Crippen LogP contribution in [0, 0.1) is 0 Å². The van der Waals surface area contributed by atoms with Crippen LogP contribution in [0.25, 0.3) is 0 Å². The Morgan fingerprint density at radius 1 is 1.60 bits per heavy atom. The number of aromatic nitrogens is 2. The van der Waals surface area contributed by atoms with Crippen molar-refractivity contribution in [2.45, 2.75) is 25.9 Å². The minimum absolute atomic E-state index is 0.116. The number of fused-ring (bicyclic) bond motifs is 1. The van der Waals surface area contributed by atoms with Crippen LogP contribution in [0.1, 0.15) is 29.0 Å². The standard InChI is InChI=1S/C10H16N4O/c1-11-10(15)9-6-8-7-12-4-2-3-5-14(8)13-9/h6,12H,2-5,7H2,1H3,(H,11,15). The molecule has 0 saturated carbocycles. The van der Waals surface area contributed by atoms with Gasteiger partial charge in [0.1, 0.15) is 5.69 Å². The number of carbonyl (C=O) groups excluding carboxylic acids is 1. The average Bonchev–Trinajstić information content (AvgIpc) is 2.60. The van der Waals surface area contributed by atoms with E-state index in [4.69, 9.17) is 0 Å². The highest BCUT2D eigenvalue weighted by Crippen LogP contribution is 2.08. The van der Waals surface area contributed by atoms with Gasteiger partial charge in [-0.05, 0) is 25.5 Å². The number of nitrogens with zero attached hydrogens (tertiary/aromatic N) is 2. The Morgan fingerprint density at radius 2 is 2.47 bits per heavy atom. The number of nitrogens with one attached hydrogen (secondary N) is 2. The molecule has 15 heavy (non-hydrogen) atoms. The number of hydrogen-bond acceptors (Lipinski definition) is 3. The third-order valence-corrected chi connectivity index (χ3v) is 2.60. The van der Waals surface area contributed by atoms with Crippen LogP contribution in [0.2, 0.25) is 0 Å². The van der Waals surface area contributed by atoms with Crippen LogP contribution in [0.3, 0.4) is 0 Å². The Bertz CT molecular complexity index is 333. The van der Waals surface area contributed by atoms with E-state index in [1.165, 1.54) is 0 Å². The molecule has 0 aliphatic carbocycles. The lowest BCUT2D eigenvalue weighted by atomic mass is 10.2. The van der Waals surface area contributed by atoms with Gasteiger partial charge in [-0.15, -0.1) is 0 Å². The summed E-state index contributed by atoms with van der Waals surface area (Å²) in [5, 5.41) is 10.2. The molecule has 1 aliphatic rings. The first-order chi connectivity index (χ1) is 7.31. The van der Waals surface area contributed by atoms with Crippen molar-refractivity contribution in [3.05, 3.63) is 17.5 Å². The lowest BCUT2D eigenvalue weighted by Crippen LogP contribution is -2.21. The molecule has 1 amide bonds. The van der Waals surface area contributed by atoms with Gasteiger partial charge >= 0.3 is 0 Å². The van der Waals surface area contributed by atoms with E-state index < -0.39 is 0 Å². The van der Waals surface area contributed by atoms with E-state index in [1.54, 1.807) is 7.05 Å². The van der Waals surface area contributed by atoms with Crippen LogP contribution >= 0.6 is 0 Å². The van der Waals surface area contributed by atoms with Gasteiger partial charge in [-0.2, -0.15) is 5.10 Å². The van der Waals surface area contributed by atoms with Crippen molar-refractivity contribution >= 4 is 5.91 Å². The Balaban J connectivity index is 2.23. The molecule has 0 atom stereocenters. The van der Waals surface area contributed by atoms with Crippen LogP contribution < -0.4 is 10.6 Å². The lowest BCUT2D eigenvalue weighted by Gasteiger charge is -2.12. The van der Waals surface area contributed by atoms with Crippen molar-refractivity contribution in [2.24, 2.45) is 0 Å². The van der Waals surface area contributed by atoms with Crippen LogP contribution in [0.4, 0.5) is 0 Å². The molecule has 0 unspecified atom stereocenters. The maximum atomic E-state index is 11.4. The van der Waals surface area contributed by atoms with Crippen molar-refractivity contribution in [2.75, 3.05) is 13.6 Å². The molecular weight excluding hydrogens is 192 g/mol. The van der Waals surface area contributed by atoms with Crippen LogP contribution in [-0.4, -0.2) is 29.3 Å². The molecule has 1 aromatic heterocycles. The fourth-order valence-corrected chi connectivity index (χ4v) is 1.76. The Hall–Kier alpha value is -1.36. The van der Waals surface area contributed by atoms with Gasteiger partial charge in [0.05, 0.1) is 5.69 Å². The SMILES string of the molecule is CNC(=O)c1cc2n(n1)CCCCNC2. The third-order valence-electron chi connectivity index (χ3n) is 2.60. The largest absolute Gasteiger partial charge is 0.354 e. The molecule has 82 valence electrons. The second kappa shape index (κ2) is 4.44. The summed E-state index contributed by atoms with van der Waals surface area (Å²) in [6.07, 6.45) is 2.27. The topological polar surface area (TPSA) is 59.0 Å². The van der Waals surface area contributed by atoms with E-state index in [-0.39, 0.29) is 5.91 Å². The molecule has 2 heterocycles. The molecule has 0 spiro atoms. The van der Waals surface area contributed by atoms with Crippen molar-refractivity contribution < 1.29 is 4.79 Å². The van der Waals surface area contributed by atoms with Gasteiger partial charge in [-0.25, -0.2) is 0 Å². The number of hydrogen-bond donors (Lipinski definition) is 2. The quantitative estimate of drug-likeness (QED) is 0.689. The van der Waals surface area contributed by atoms with E-state index in [0.29, 0.717) is 5.69 Å². The highest BCUT2D eigenvalue weighted by Gasteiger charge is 2.13. The van der Waals surface area contributed by atoms with Crippen molar-refractivity contribution in [3.63, 3.8) is 0 Å². The maximum Gasteiger partial charge on any atom is 0.271 e. The molecule has 0 radical (unpaired) electrons. The van der Waals surface area contributed by atoms with Gasteiger partial charge in [-0.3, -0.25) is 9.48 Å². The maximum absolute atomic E-state index is 11.4. The number of rotatable bonds is 1. The normalized spacial score (nSPS) is 16.3. The Labute approximate surface area is 88.8 Å². The fraction of sp³-hybridized carbons (Fsp3) is 0.600. The smallest absolute Gasteiger partial charge is 0.271 e. The van der Waals surface area contributed by atoms with Crippen LogP contribution in [-0.2, 0) is 13.1 Å². The molecule has 1 aromatic rings. The third kappa shape index (κ3) is 2.18. The van der Waals surface area contributed by atoms with Gasteiger partial charge in [-0.1, -0.05) is 0 Å². The molecule has 2 rings (SSSR count). The summed E-state index contributed by atoms with van der Waals surface area (Å²) in [5.74, 6) is -0.116. The fourth-order valence-electron chi connectivity index (χ4n) is 1.76. The number of amides is 1. The zero-order valence-corrected chi connectivity index (χ0v) is 8.92. The monoisotopic (exact) mass is 208 g/mol. The molecule has 0 bridgehead atoms. The summed E-state index contributed by atoms with van der Waals surface area (Å²) in [7, 11) is 1.62. The van der Waals surface area contributed by atoms with Gasteiger partial charge in [0.25, 0.3) is 5.91 Å². The Morgan fingerprint density at radius 3 is 3.27 bits per heavy atom. The van der Waals surface area contributed by atoms with E-state index in [2.05, 4.69) is 15.7 Å². The average molecular weight is 208 g/mol. The predicted molar refractivity (Wildman–Crippen MR) is 56.6 cm³/mol. The molecular formula is C10H16N4O. The molecule has 5 heteroatoms. The highest BCUT2D eigenvalue weighted by molar-refractivity contribution is 5.92. The van der Waals surface area contributed by atoms with Gasteiger partial charge in [0.15, 0.2) is 0 Å². The lowest BCUT2D eigenvalue weighted by molar-refractivity contribution is 0.0957. The van der Waals surface area contributed by atoms with Gasteiger partial charge in [0, 0.05) is 20.1 Å². The highest BCUT2D eigenvalue weighted by atomic mass is 16.1. The second-order valence-electron chi connectivity index (χ2n) is 3.71. The van der Waals surface area contributed by atoms with E-state index in [0.717, 1.165) is 38.2 Å². The number of aryl methyl sites for hydroxylation is 1. The van der Waals surface area contributed by atoms with E-state index >= 15 is 0 Å². The van der Waals surface area contributed by atoms with E-state index in [1.807, 2.05) is 10.7 Å². The summed E-state index contributed by atoms with van der Waals surface area (Å²) in [5.41, 5.74) is 1.60. The molecule has 0 aromatic carbocycles. The van der Waals surface area contributed by atoms with Crippen molar-refractivity contribution in [1.82, 2.24) is 20.4 Å². The summed E-state index contributed by atoms with van der Waals surface area (Å²) < 4.78 is 1.93. The van der Waals surface area contributed by atoms with Crippen LogP contribution in [0.15, 0.2) is 6.07 Å². The van der Waals surface area contributed by atoms with Crippen LogP contribution in [0.5, 0.6) is 0 Å².